The third kappa shape index (κ3) is 4.26. The number of nitrogens with zero attached hydrogens (tertiary/aromatic N) is 3. The van der Waals surface area contributed by atoms with Gasteiger partial charge >= 0.3 is 12.2 Å². The van der Waals surface area contributed by atoms with Crippen LogP contribution in [0.1, 0.15) is 48.3 Å². The van der Waals surface area contributed by atoms with Crippen LogP contribution in [0.2, 0.25) is 0 Å². The number of nitrogens with two attached hydrogens (primary N) is 1. The predicted molar refractivity (Wildman–Crippen MR) is 106 cm³/mol. The fourth-order valence-electron chi connectivity index (χ4n) is 4.37. The highest BCUT2D eigenvalue weighted by Gasteiger charge is 2.40. The van der Waals surface area contributed by atoms with E-state index in [1.54, 1.807) is 0 Å². The average molecular weight is 440 g/mol. The van der Waals surface area contributed by atoms with Gasteiger partial charge in [0.15, 0.2) is 0 Å². The highest BCUT2D eigenvalue weighted by molar-refractivity contribution is 5.53. The van der Waals surface area contributed by atoms with E-state index in [0.29, 0.717) is 23.5 Å². The largest absolute Gasteiger partial charge is 0.467 e. The first-order valence-electron chi connectivity index (χ1n) is 10.1. The maximum atomic E-state index is 14.2. The molecule has 2 N–H and O–H groups in total. The number of hydrogen-bond donors (Lipinski definition) is 1. The van der Waals surface area contributed by atoms with Gasteiger partial charge in [0.2, 0.25) is 0 Å². The van der Waals surface area contributed by atoms with E-state index in [9.17, 15) is 17.6 Å². The fourth-order valence-corrected chi connectivity index (χ4v) is 4.37. The van der Waals surface area contributed by atoms with Crippen molar-refractivity contribution in [1.29, 1.82) is 0 Å². The SMILES string of the molecule is COc1nc2c(c(N3CCCC(C)C3)n1)COC(c1cc(N)cc(F)c1C(F)(F)F)C2. The Labute approximate surface area is 177 Å². The first kappa shape index (κ1) is 21.6. The Bertz CT molecular complexity index is 983. The van der Waals surface area contributed by atoms with E-state index in [4.69, 9.17) is 15.2 Å². The summed E-state index contributed by atoms with van der Waals surface area (Å²) in [5.41, 5.74) is 5.11. The normalized spacial score (nSPS) is 21.7. The Hall–Kier alpha value is -2.62. The van der Waals surface area contributed by atoms with Crippen LogP contribution >= 0.6 is 0 Å². The van der Waals surface area contributed by atoms with Gasteiger partial charge in [0.25, 0.3) is 0 Å². The molecule has 4 rings (SSSR count). The van der Waals surface area contributed by atoms with Crippen LogP contribution in [0.3, 0.4) is 0 Å². The number of alkyl halides is 3. The highest BCUT2D eigenvalue weighted by Crippen LogP contribution is 2.42. The third-order valence-corrected chi connectivity index (χ3v) is 5.77. The zero-order chi connectivity index (χ0) is 22.3. The molecule has 31 heavy (non-hydrogen) atoms. The maximum Gasteiger partial charge on any atom is 0.419 e. The van der Waals surface area contributed by atoms with Crippen LogP contribution in [0.5, 0.6) is 6.01 Å². The van der Waals surface area contributed by atoms with Crippen LogP contribution in [0.25, 0.3) is 0 Å². The summed E-state index contributed by atoms with van der Waals surface area (Å²) in [7, 11) is 1.44. The standard InChI is InChI=1S/C21H24F4N4O2/c1-11-4-3-5-29(9-11)19-14-10-31-17(8-16(14)27-20(28-19)30-2)13-6-12(26)7-15(22)18(13)21(23,24)25/h6-7,11,17H,3-5,8-10,26H2,1-2H3. The molecule has 168 valence electrons. The number of fused-ring (bicyclic) bond motifs is 1. The molecule has 6 nitrogen and oxygen atoms in total. The lowest BCUT2D eigenvalue weighted by atomic mass is 9.93. The Morgan fingerprint density at radius 2 is 2.03 bits per heavy atom. The predicted octanol–water partition coefficient (Wildman–Crippen LogP) is 4.28. The first-order valence-corrected chi connectivity index (χ1v) is 10.1. The van der Waals surface area contributed by atoms with Crippen LogP contribution in [-0.2, 0) is 23.9 Å². The molecule has 2 aliphatic rings. The van der Waals surface area contributed by atoms with Gasteiger partial charge < -0.3 is 20.1 Å². The van der Waals surface area contributed by atoms with Gasteiger partial charge in [-0.25, -0.2) is 4.39 Å². The Balaban J connectivity index is 1.74. The number of nitrogen functional groups attached to an aromatic ring is 1. The molecule has 1 aromatic heterocycles. The third-order valence-electron chi connectivity index (χ3n) is 5.77. The lowest BCUT2D eigenvalue weighted by Crippen LogP contribution is -2.36. The van der Waals surface area contributed by atoms with Gasteiger partial charge in [-0.1, -0.05) is 6.92 Å². The van der Waals surface area contributed by atoms with Crippen LogP contribution in [0.15, 0.2) is 12.1 Å². The number of methoxy groups -OCH3 is 1. The summed E-state index contributed by atoms with van der Waals surface area (Å²) < 4.78 is 66.0. The van der Waals surface area contributed by atoms with Crippen LogP contribution in [0.4, 0.5) is 29.1 Å². The van der Waals surface area contributed by atoms with Crippen LogP contribution < -0.4 is 15.4 Å². The smallest absolute Gasteiger partial charge is 0.419 e. The quantitative estimate of drug-likeness (QED) is 0.568. The van der Waals surface area contributed by atoms with E-state index in [-0.39, 0.29) is 30.3 Å². The molecule has 1 aromatic carbocycles. The number of benzene rings is 1. The summed E-state index contributed by atoms with van der Waals surface area (Å²) in [6.07, 6.45) is -3.76. The van der Waals surface area contributed by atoms with Gasteiger partial charge in [-0.3, -0.25) is 0 Å². The number of piperidine rings is 1. The minimum atomic E-state index is -4.88. The lowest BCUT2D eigenvalue weighted by Gasteiger charge is -2.35. The molecule has 10 heteroatoms. The Morgan fingerprint density at radius 3 is 2.71 bits per heavy atom. The number of ether oxygens (including phenoxy) is 2. The molecule has 2 atom stereocenters. The first-order chi connectivity index (χ1) is 14.7. The molecular weight excluding hydrogens is 416 g/mol. The Kier molecular flexibility index (Phi) is 5.67. The van der Waals surface area contributed by atoms with E-state index in [2.05, 4.69) is 21.8 Å². The van der Waals surface area contributed by atoms with Gasteiger partial charge in [0.05, 0.1) is 31.1 Å². The number of hydrogen-bond acceptors (Lipinski definition) is 6. The van der Waals surface area contributed by atoms with E-state index < -0.39 is 23.7 Å². The Morgan fingerprint density at radius 1 is 1.26 bits per heavy atom. The van der Waals surface area contributed by atoms with Gasteiger partial charge in [-0.2, -0.15) is 23.1 Å². The van der Waals surface area contributed by atoms with Gasteiger partial charge in [-0.15, -0.1) is 0 Å². The monoisotopic (exact) mass is 440 g/mol. The van der Waals surface area contributed by atoms with E-state index >= 15 is 0 Å². The topological polar surface area (TPSA) is 73.5 Å². The van der Waals surface area contributed by atoms with Crippen molar-refractivity contribution in [3.8, 4) is 6.01 Å². The minimum absolute atomic E-state index is 0.0118. The second-order valence-electron chi connectivity index (χ2n) is 8.12. The molecule has 3 heterocycles. The number of anilines is 2. The summed E-state index contributed by atoms with van der Waals surface area (Å²) in [4.78, 5) is 11.0. The van der Waals surface area contributed by atoms with Gasteiger partial charge in [0, 0.05) is 30.8 Å². The van der Waals surface area contributed by atoms with Crippen molar-refractivity contribution in [2.45, 2.75) is 45.1 Å². The second-order valence-corrected chi connectivity index (χ2v) is 8.12. The van der Waals surface area contributed by atoms with E-state index in [1.807, 2.05) is 0 Å². The molecule has 2 aromatic rings. The molecule has 0 bridgehead atoms. The molecule has 0 spiro atoms. The zero-order valence-electron chi connectivity index (χ0n) is 17.3. The van der Waals surface area contributed by atoms with Crippen LogP contribution in [0, 0.1) is 11.7 Å². The molecule has 0 aliphatic carbocycles. The molecule has 0 amide bonds. The molecule has 2 unspecified atom stereocenters. The molecule has 0 saturated carbocycles. The van der Waals surface area contributed by atoms with Crippen LogP contribution in [-0.4, -0.2) is 30.2 Å². The molecule has 1 saturated heterocycles. The van der Waals surface area contributed by atoms with Crippen molar-refractivity contribution in [2.75, 3.05) is 30.8 Å². The van der Waals surface area contributed by atoms with Gasteiger partial charge in [-0.05, 0) is 36.5 Å². The van der Waals surface area contributed by atoms with Crippen molar-refractivity contribution < 1.29 is 27.0 Å². The minimum Gasteiger partial charge on any atom is -0.467 e. The summed E-state index contributed by atoms with van der Waals surface area (Å²) in [5, 5.41) is 0. The highest BCUT2D eigenvalue weighted by atomic mass is 19.4. The molecule has 2 aliphatic heterocycles. The molecule has 1 fully saturated rings. The second kappa shape index (κ2) is 8.14. The number of halogens is 4. The average Bonchev–Trinajstić information content (AvgIpc) is 2.70. The molecule has 0 radical (unpaired) electrons. The van der Waals surface area contributed by atoms with Crippen molar-refractivity contribution in [1.82, 2.24) is 9.97 Å². The van der Waals surface area contributed by atoms with E-state index in [1.165, 1.54) is 7.11 Å². The summed E-state index contributed by atoms with van der Waals surface area (Å²) in [6.45, 7) is 3.81. The maximum absolute atomic E-state index is 14.2. The van der Waals surface area contributed by atoms with Crippen molar-refractivity contribution >= 4 is 11.5 Å². The number of rotatable bonds is 3. The zero-order valence-corrected chi connectivity index (χ0v) is 17.3. The summed E-state index contributed by atoms with van der Waals surface area (Å²) >= 11 is 0. The van der Waals surface area contributed by atoms with Gasteiger partial charge in [0.1, 0.15) is 11.6 Å². The molecular formula is C21H24F4N4O2. The fraction of sp³-hybridized carbons (Fsp3) is 0.524. The lowest BCUT2D eigenvalue weighted by molar-refractivity contribution is -0.142. The summed E-state index contributed by atoms with van der Waals surface area (Å²) in [6, 6.07) is 1.93. The van der Waals surface area contributed by atoms with Crippen molar-refractivity contribution in [2.24, 2.45) is 5.92 Å². The van der Waals surface area contributed by atoms with Crippen molar-refractivity contribution in [3.05, 3.63) is 40.3 Å². The number of aromatic nitrogens is 2. The van der Waals surface area contributed by atoms with Crippen molar-refractivity contribution in [3.63, 3.8) is 0 Å². The van der Waals surface area contributed by atoms with E-state index in [0.717, 1.165) is 37.6 Å². The summed E-state index contributed by atoms with van der Waals surface area (Å²) in [5.74, 6) is -0.242.